The molecule has 0 radical (unpaired) electrons. The maximum atomic E-state index is 12.7. The fourth-order valence-corrected chi connectivity index (χ4v) is 4.29. The summed E-state index contributed by atoms with van der Waals surface area (Å²) in [4.78, 5) is 10.0. The maximum Gasteiger partial charge on any atom is 0.289 e. The molecule has 0 aliphatic carbocycles. The zero-order valence-corrected chi connectivity index (χ0v) is 17.5. The summed E-state index contributed by atoms with van der Waals surface area (Å²) in [6.45, 7) is 4.29. The number of halogens is 1. The Kier molecular flexibility index (Phi) is 5.52. The number of nitro benzene ring substituents is 1. The van der Waals surface area contributed by atoms with E-state index in [2.05, 4.69) is 25.8 Å². The predicted molar refractivity (Wildman–Crippen MR) is 109 cm³/mol. The van der Waals surface area contributed by atoms with Crippen LogP contribution in [0.4, 0.5) is 11.4 Å². The monoisotopic (exact) mass is 464 g/mol. The zero-order chi connectivity index (χ0) is 20.5. The minimum atomic E-state index is -4.11. The van der Waals surface area contributed by atoms with Gasteiger partial charge < -0.3 is 0 Å². The predicted octanol–water partition coefficient (Wildman–Crippen LogP) is 4.02. The number of hydrogen-bond acceptors (Lipinski definition) is 5. The van der Waals surface area contributed by atoms with Gasteiger partial charge in [-0.1, -0.05) is 24.3 Å². The molecule has 8 nitrogen and oxygen atoms in total. The van der Waals surface area contributed by atoms with Crippen LogP contribution >= 0.6 is 15.9 Å². The van der Waals surface area contributed by atoms with E-state index < -0.39 is 20.6 Å². The Balaban J connectivity index is 1.89. The van der Waals surface area contributed by atoms with E-state index in [1.54, 1.807) is 18.2 Å². The molecule has 0 aliphatic rings. The van der Waals surface area contributed by atoms with Crippen molar-refractivity contribution in [3.63, 3.8) is 0 Å². The molecule has 0 unspecified atom stereocenters. The molecule has 1 heterocycles. The molecule has 0 atom stereocenters. The highest BCUT2D eigenvalue weighted by molar-refractivity contribution is 9.10. The van der Waals surface area contributed by atoms with Crippen LogP contribution in [0.15, 0.2) is 57.9 Å². The summed E-state index contributed by atoms with van der Waals surface area (Å²) in [5.74, 6) is 0. The lowest BCUT2D eigenvalue weighted by atomic mass is 10.2. The van der Waals surface area contributed by atoms with Gasteiger partial charge in [-0.25, -0.2) is 8.42 Å². The van der Waals surface area contributed by atoms with Gasteiger partial charge in [0.2, 0.25) is 0 Å². The number of sulfonamides is 1. The topological polar surface area (TPSA) is 107 Å². The number of para-hydroxylation sites is 1. The first-order valence-corrected chi connectivity index (χ1v) is 10.5. The Bertz CT molecular complexity index is 1160. The van der Waals surface area contributed by atoms with E-state index in [1.165, 1.54) is 18.2 Å². The standard InChI is InChI=1S/C18H17BrN4O4S/c1-12-18(19)13(2)22(20-12)11-14-6-5-7-15(10-14)21-28(26,27)17-9-4-3-8-16(17)23(24)25/h3-10,21H,11H2,1-2H3. The Morgan fingerprint density at radius 3 is 2.54 bits per heavy atom. The lowest BCUT2D eigenvalue weighted by Crippen LogP contribution is -2.15. The van der Waals surface area contributed by atoms with Gasteiger partial charge in [0.25, 0.3) is 15.7 Å². The lowest BCUT2D eigenvalue weighted by Gasteiger charge is -2.10. The highest BCUT2D eigenvalue weighted by Gasteiger charge is 2.25. The molecule has 3 aromatic rings. The number of benzene rings is 2. The summed E-state index contributed by atoms with van der Waals surface area (Å²) >= 11 is 3.48. The molecular formula is C18H17BrN4O4S. The molecule has 0 saturated heterocycles. The molecule has 10 heteroatoms. The van der Waals surface area contributed by atoms with Crippen LogP contribution < -0.4 is 4.72 Å². The van der Waals surface area contributed by atoms with Crippen LogP contribution in [-0.4, -0.2) is 23.1 Å². The first-order chi connectivity index (χ1) is 13.2. The summed E-state index contributed by atoms with van der Waals surface area (Å²) in [6, 6.07) is 12.1. The van der Waals surface area contributed by atoms with E-state index in [9.17, 15) is 18.5 Å². The summed E-state index contributed by atoms with van der Waals surface area (Å²) in [7, 11) is -4.11. The van der Waals surface area contributed by atoms with Crippen molar-refractivity contribution in [2.75, 3.05) is 4.72 Å². The highest BCUT2D eigenvalue weighted by atomic mass is 79.9. The molecule has 0 bridgehead atoms. The SMILES string of the molecule is Cc1nn(Cc2cccc(NS(=O)(=O)c3ccccc3[N+](=O)[O-])c2)c(C)c1Br. The minimum Gasteiger partial charge on any atom is -0.279 e. The molecular weight excluding hydrogens is 448 g/mol. The van der Waals surface area contributed by atoms with Crippen molar-refractivity contribution >= 4 is 37.3 Å². The van der Waals surface area contributed by atoms with E-state index in [0.29, 0.717) is 12.2 Å². The van der Waals surface area contributed by atoms with Crippen LogP contribution in [0.25, 0.3) is 0 Å². The Morgan fingerprint density at radius 2 is 1.89 bits per heavy atom. The van der Waals surface area contributed by atoms with Gasteiger partial charge in [0, 0.05) is 11.8 Å². The lowest BCUT2D eigenvalue weighted by molar-refractivity contribution is -0.387. The van der Waals surface area contributed by atoms with Crippen LogP contribution in [0, 0.1) is 24.0 Å². The van der Waals surface area contributed by atoms with Crippen molar-refractivity contribution in [3.05, 3.63) is 80.1 Å². The van der Waals surface area contributed by atoms with E-state index in [1.807, 2.05) is 24.6 Å². The molecule has 0 spiro atoms. The average Bonchev–Trinajstić information content (AvgIpc) is 2.88. The molecule has 0 fully saturated rings. The second kappa shape index (κ2) is 7.72. The van der Waals surface area contributed by atoms with Crippen molar-refractivity contribution in [1.82, 2.24) is 9.78 Å². The number of anilines is 1. The normalized spacial score (nSPS) is 11.4. The molecule has 0 aliphatic heterocycles. The van der Waals surface area contributed by atoms with E-state index >= 15 is 0 Å². The number of nitrogens with zero attached hydrogens (tertiary/aromatic N) is 3. The first-order valence-electron chi connectivity index (χ1n) is 8.24. The fraction of sp³-hybridized carbons (Fsp3) is 0.167. The van der Waals surface area contributed by atoms with Gasteiger partial charge >= 0.3 is 0 Å². The molecule has 28 heavy (non-hydrogen) atoms. The number of aryl methyl sites for hydroxylation is 1. The van der Waals surface area contributed by atoms with Crippen molar-refractivity contribution < 1.29 is 13.3 Å². The van der Waals surface area contributed by atoms with Crippen LogP contribution in [-0.2, 0) is 16.6 Å². The second-order valence-electron chi connectivity index (χ2n) is 6.17. The average molecular weight is 465 g/mol. The third kappa shape index (κ3) is 4.07. The van der Waals surface area contributed by atoms with Gasteiger partial charge in [0.05, 0.1) is 27.3 Å². The Hall–Kier alpha value is -2.72. The third-order valence-corrected chi connectivity index (χ3v) is 6.73. The summed E-state index contributed by atoms with van der Waals surface area (Å²) in [5, 5.41) is 15.6. The molecule has 2 aromatic carbocycles. The van der Waals surface area contributed by atoms with Crippen LogP contribution in [0.3, 0.4) is 0 Å². The number of hydrogen-bond donors (Lipinski definition) is 1. The van der Waals surface area contributed by atoms with E-state index in [4.69, 9.17) is 0 Å². The molecule has 1 aromatic heterocycles. The van der Waals surface area contributed by atoms with Crippen molar-refractivity contribution in [1.29, 1.82) is 0 Å². The van der Waals surface area contributed by atoms with Gasteiger partial charge in [0.15, 0.2) is 4.90 Å². The van der Waals surface area contributed by atoms with Crippen molar-refractivity contribution in [2.45, 2.75) is 25.3 Å². The van der Waals surface area contributed by atoms with Gasteiger partial charge in [-0.2, -0.15) is 5.10 Å². The number of nitrogens with one attached hydrogen (secondary N) is 1. The first kappa shape index (κ1) is 20.0. The van der Waals surface area contributed by atoms with Crippen LogP contribution in [0.1, 0.15) is 17.0 Å². The van der Waals surface area contributed by atoms with Crippen molar-refractivity contribution in [3.8, 4) is 0 Å². The van der Waals surface area contributed by atoms with Gasteiger partial charge in [-0.05, 0) is 53.5 Å². The molecule has 3 rings (SSSR count). The fourth-order valence-electron chi connectivity index (χ4n) is 2.78. The highest BCUT2D eigenvalue weighted by Crippen LogP contribution is 2.26. The smallest absolute Gasteiger partial charge is 0.279 e. The second-order valence-corrected chi connectivity index (χ2v) is 8.62. The zero-order valence-electron chi connectivity index (χ0n) is 15.1. The van der Waals surface area contributed by atoms with Gasteiger partial charge in [-0.15, -0.1) is 0 Å². The number of nitro groups is 1. The molecule has 1 N–H and O–H groups in total. The molecule has 0 amide bonds. The van der Waals surface area contributed by atoms with E-state index in [0.717, 1.165) is 27.5 Å². The molecule has 146 valence electrons. The third-order valence-electron chi connectivity index (χ3n) is 4.16. The largest absolute Gasteiger partial charge is 0.289 e. The van der Waals surface area contributed by atoms with Crippen LogP contribution in [0.5, 0.6) is 0 Å². The number of rotatable bonds is 6. The minimum absolute atomic E-state index is 0.316. The summed E-state index contributed by atoms with van der Waals surface area (Å²) in [5.41, 5.74) is 2.50. The number of aromatic nitrogens is 2. The van der Waals surface area contributed by atoms with Crippen molar-refractivity contribution in [2.24, 2.45) is 0 Å². The molecule has 0 saturated carbocycles. The Labute approximate surface area is 170 Å². The quantitative estimate of drug-likeness (QED) is 0.437. The Morgan fingerprint density at radius 1 is 1.18 bits per heavy atom. The summed E-state index contributed by atoms with van der Waals surface area (Å²) in [6.07, 6.45) is 0. The van der Waals surface area contributed by atoms with E-state index in [-0.39, 0.29) is 4.90 Å². The maximum absolute atomic E-state index is 12.7. The van der Waals surface area contributed by atoms with Crippen LogP contribution in [0.2, 0.25) is 0 Å². The van der Waals surface area contributed by atoms with Gasteiger partial charge in [-0.3, -0.25) is 19.5 Å². The van der Waals surface area contributed by atoms with Gasteiger partial charge in [0.1, 0.15) is 0 Å². The summed E-state index contributed by atoms with van der Waals surface area (Å²) < 4.78 is 30.5.